The van der Waals surface area contributed by atoms with Crippen LogP contribution in [0.2, 0.25) is 0 Å². The molecule has 1 aromatic heterocycles. The molecule has 3 nitrogen and oxygen atoms in total. The van der Waals surface area contributed by atoms with Crippen LogP contribution in [-0.4, -0.2) is 22.9 Å². The van der Waals surface area contributed by atoms with Crippen molar-refractivity contribution in [2.45, 2.75) is 39.2 Å². The number of aromatic nitrogens is 1. The molecule has 1 heterocycles. The largest absolute Gasteiger partial charge is 0.312 e. The number of nitrogens with one attached hydrogen (secondary N) is 1. The standard InChI is InChI=1S/C17H22N2OS/c1-17(2,3)18-10-9-14(20)11-16-19-15(12-21-16)13-7-5-4-6-8-13/h4-8,12,18H,9-11H2,1-3H3. The van der Waals surface area contributed by atoms with Crippen LogP contribution in [0.4, 0.5) is 0 Å². The van der Waals surface area contributed by atoms with Crippen molar-refractivity contribution in [1.29, 1.82) is 0 Å². The van der Waals surface area contributed by atoms with E-state index in [0.29, 0.717) is 12.8 Å². The molecule has 0 aliphatic carbocycles. The van der Waals surface area contributed by atoms with Gasteiger partial charge in [0.05, 0.1) is 12.1 Å². The third-order valence-corrected chi connectivity index (χ3v) is 3.88. The van der Waals surface area contributed by atoms with Crippen molar-refractivity contribution in [3.05, 3.63) is 40.7 Å². The zero-order valence-electron chi connectivity index (χ0n) is 12.8. The molecule has 0 saturated heterocycles. The average molecular weight is 302 g/mol. The van der Waals surface area contributed by atoms with Gasteiger partial charge in [-0.05, 0) is 20.8 Å². The highest BCUT2D eigenvalue weighted by Crippen LogP contribution is 2.22. The first-order chi connectivity index (χ1) is 9.94. The maximum atomic E-state index is 12.0. The Morgan fingerprint density at radius 2 is 1.95 bits per heavy atom. The molecule has 2 rings (SSSR count). The molecule has 1 N–H and O–H groups in total. The fourth-order valence-electron chi connectivity index (χ4n) is 1.97. The molecular weight excluding hydrogens is 280 g/mol. The Morgan fingerprint density at radius 3 is 2.62 bits per heavy atom. The van der Waals surface area contributed by atoms with Crippen molar-refractivity contribution in [3.8, 4) is 11.3 Å². The van der Waals surface area contributed by atoms with Gasteiger partial charge < -0.3 is 5.32 Å². The van der Waals surface area contributed by atoms with E-state index in [2.05, 4.69) is 31.1 Å². The van der Waals surface area contributed by atoms with Crippen LogP contribution in [0, 0.1) is 0 Å². The van der Waals surface area contributed by atoms with Gasteiger partial charge in [-0.3, -0.25) is 4.79 Å². The molecule has 0 atom stereocenters. The van der Waals surface area contributed by atoms with E-state index in [-0.39, 0.29) is 11.3 Å². The maximum absolute atomic E-state index is 12.0. The van der Waals surface area contributed by atoms with Crippen LogP contribution in [0.3, 0.4) is 0 Å². The van der Waals surface area contributed by atoms with Crippen LogP contribution in [0.1, 0.15) is 32.2 Å². The lowest BCUT2D eigenvalue weighted by Crippen LogP contribution is -2.37. The first-order valence-corrected chi connectivity index (χ1v) is 8.08. The van der Waals surface area contributed by atoms with E-state index in [4.69, 9.17) is 0 Å². The zero-order valence-corrected chi connectivity index (χ0v) is 13.7. The molecule has 0 bridgehead atoms. The Labute approximate surface area is 130 Å². The van der Waals surface area contributed by atoms with Gasteiger partial charge in [0.15, 0.2) is 0 Å². The summed E-state index contributed by atoms with van der Waals surface area (Å²) in [4.78, 5) is 16.5. The third-order valence-electron chi connectivity index (χ3n) is 3.03. The minimum atomic E-state index is 0.0575. The number of hydrogen-bond donors (Lipinski definition) is 1. The van der Waals surface area contributed by atoms with Gasteiger partial charge in [-0.25, -0.2) is 4.98 Å². The summed E-state index contributed by atoms with van der Waals surface area (Å²) in [6.45, 7) is 7.03. The smallest absolute Gasteiger partial charge is 0.140 e. The second kappa shape index (κ2) is 6.96. The van der Waals surface area contributed by atoms with Gasteiger partial charge in [0.25, 0.3) is 0 Å². The second-order valence-corrected chi connectivity index (χ2v) is 7.08. The van der Waals surface area contributed by atoms with Crippen molar-refractivity contribution >= 4 is 17.1 Å². The molecule has 0 aliphatic rings. The normalized spacial score (nSPS) is 11.6. The van der Waals surface area contributed by atoms with Crippen LogP contribution in [0.25, 0.3) is 11.3 Å². The van der Waals surface area contributed by atoms with Crippen LogP contribution in [-0.2, 0) is 11.2 Å². The van der Waals surface area contributed by atoms with Gasteiger partial charge in [0.2, 0.25) is 0 Å². The number of nitrogens with zero attached hydrogens (tertiary/aromatic N) is 1. The predicted molar refractivity (Wildman–Crippen MR) is 88.6 cm³/mol. The van der Waals surface area contributed by atoms with E-state index in [0.717, 1.165) is 22.8 Å². The summed E-state index contributed by atoms with van der Waals surface area (Å²) >= 11 is 1.56. The van der Waals surface area contributed by atoms with Crippen molar-refractivity contribution in [2.24, 2.45) is 0 Å². The Kier molecular flexibility index (Phi) is 5.26. The fourth-order valence-corrected chi connectivity index (χ4v) is 2.80. The van der Waals surface area contributed by atoms with E-state index in [1.165, 1.54) is 0 Å². The summed E-state index contributed by atoms with van der Waals surface area (Å²) in [6, 6.07) is 10.1. The zero-order chi connectivity index (χ0) is 15.3. The van der Waals surface area contributed by atoms with Crippen molar-refractivity contribution in [1.82, 2.24) is 10.3 Å². The summed E-state index contributed by atoms with van der Waals surface area (Å²) in [5.41, 5.74) is 2.11. The minimum absolute atomic E-state index is 0.0575. The number of carbonyl (C=O) groups is 1. The van der Waals surface area contributed by atoms with Crippen LogP contribution in [0.15, 0.2) is 35.7 Å². The molecule has 0 amide bonds. The lowest BCUT2D eigenvalue weighted by atomic mass is 10.1. The summed E-state index contributed by atoms with van der Waals surface area (Å²) in [6.07, 6.45) is 0.987. The van der Waals surface area contributed by atoms with Crippen molar-refractivity contribution in [2.75, 3.05) is 6.54 Å². The Morgan fingerprint density at radius 1 is 1.24 bits per heavy atom. The predicted octanol–water partition coefficient (Wildman–Crippen LogP) is 3.70. The van der Waals surface area contributed by atoms with E-state index < -0.39 is 0 Å². The fraction of sp³-hybridized carbons (Fsp3) is 0.412. The molecule has 0 aliphatic heterocycles. The van der Waals surface area contributed by atoms with Gasteiger partial charge in [-0.1, -0.05) is 30.3 Å². The Hall–Kier alpha value is -1.52. The topological polar surface area (TPSA) is 42.0 Å². The van der Waals surface area contributed by atoms with Gasteiger partial charge >= 0.3 is 0 Å². The SMILES string of the molecule is CC(C)(C)NCCC(=O)Cc1nc(-c2ccccc2)cs1. The monoisotopic (exact) mass is 302 g/mol. The molecule has 0 spiro atoms. The lowest BCUT2D eigenvalue weighted by molar-refractivity contribution is -0.118. The third kappa shape index (κ3) is 5.40. The van der Waals surface area contributed by atoms with E-state index >= 15 is 0 Å². The van der Waals surface area contributed by atoms with Gasteiger partial charge in [-0.15, -0.1) is 11.3 Å². The maximum Gasteiger partial charge on any atom is 0.140 e. The Balaban J connectivity index is 1.87. The molecule has 112 valence electrons. The molecule has 1 aromatic carbocycles. The quantitative estimate of drug-likeness (QED) is 0.884. The minimum Gasteiger partial charge on any atom is -0.312 e. The molecule has 0 radical (unpaired) electrons. The summed E-state index contributed by atoms with van der Waals surface area (Å²) in [7, 11) is 0. The highest BCUT2D eigenvalue weighted by Gasteiger charge is 2.12. The molecule has 21 heavy (non-hydrogen) atoms. The van der Waals surface area contributed by atoms with Crippen molar-refractivity contribution in [3.63, 3.8) is 0 Å². The first-order valence-electron chi connectivity index (χ1n) is 7.20. The highest BCUT2D eigenvalue weighted by molar-refractivity contribution is 7.10. The van der Waals surface area contributed by atoms with E-state index in [9.17, 15) is 4.79 Å². The first kappa shape index (κ1) is 15.9. The molecule has 0 fully saturated rings. The van der Waals surface area contributed by atoms with Gasteiger partial charge in [-0.2, -0.15) is 0 Å². The van der Waals surface area contributed by atoms with Gasteiger partial charge in [0.1, 0.15) is 10.8 Å². The number of benzene rings is 1. The molecule has 0 saturated carbocycles. The number of Topliss-reactive ketones (excluding diaryl/α,β-unsaturated/α-hetero) is 1. The second-order valence-electron chi connectivity index (χ2n) is 6.13. The Bertz CT molecular complexity index is 584. The molecule has 0 unspecified atom stereocenters. The summed E-state index contributed by atoms with van der Waals surface area (Å²) in [5.74, 6) is 0.237. The average Bonchev–Trinajstić information content (AvgIpc) is 2.86. The van der Waals surface area contributed by atoms with Crippen LogP contribution < -0.4 is 5.32 Å². The lowest BCUT2D eigenvalue weighted by Gasteiger charge is -2.19. The molecule has 2 aromatic rings. The van der Waals surface area contributed by atoms with E-state index in [1.54, 1.807) is 11.3 Å². The van der Waals surface area contributed by atoms with Crippen molar-refractivity contribution < 1.29 is 4.79 Å². The molecule has 4 heteroatoms. The summed E-state index contributed by atoms with van der Waals surface area (Å²) < 4.78 is 0. The number of rotatable bonds is 6. The van der Waals surface area contributed by atoms with Gasteiger partial charge in [0, 0.05) is 29.4 Å². The summed E-state index contributed by atoms with van der Waals surface area (Å²) in [5, 5.41) is 6.25. The van der Waals surface area contributed by atoms with Crippen LogP contribution >= 0.6 is 11.3 Å². The number of thiazole rings is 1. The molecular formula is C17H22N2OS. The number of carbonyl (C=O) groups excluding carboxylic acids is 1. The number of hydrogen-bond acceptors (Lipinski definition) is 4. The van der Waals surface area contributed by atoms with E-state index in [1.807, 2.05) is 35.7 Å². The number of ketones is 1. The van der Waals surface area contributed by atoms with Crippen LogP contribution in [0.5, 0.6) is 0 Å². The highest BCUT2D eigenvalue weighted by atomic mass is 32.1.